The Bertz CT molecular complexity index is 435. The molecule has 37 heavy (non-hydrogen) atoms. The van der Waals surface area contributed by atoms with Crippen molar-refractivity contribution in [3.05, 3.63) is 0 Å². The van der Waals surface area contributed by atoms with Crippen molar-refractivity contribution in [2.75, 3.05) is 13.2 Å². The summed E-state index contributed by atoms with van der Waals surface area (Å²) in [6.45, 7) is 5.64. The van der Waals surface area contributed by atoms with Gasteiger partial charge in [0.05, 0.1) is 13.2 Å². The molecule has 0 aliphatic rings. The van der Waals surface area contributed by atoms with E-state index in [0.717, 1.165) is 44.9 Å². The molecule has 0 aromatic heterocycles. The molecular formula is C33H64O4. The highest BCUT2D eigenvalue weighted by Crippen LogP contribution is 2.13. The van der Waals surface area contributed by atoms with Gasteiger partial charge in [0.1, 0.15) is 0 Å². The number of esters is 2. The predicted octanol–water partition coefficient (Wildman–Crippen LogP) is 10.6. The Balaban J connectivity index is 3.27. The van der Waals surface area contributed by atoms with Crippen LogP contribution in [0.4, 0.5) is 0 Å². The molecule has 0 saturated heterocycles. The van der Waals surface area contributed by atoms with E-state index in [1.54, 1.807) is 0 Å². The van der Waals surface area contributed by atoms with Crippen LogP contribution in [0.2, 0.25) is 0 Å². The second kappa shape index (κ2) is 31.2. The fourth-order valence-corrected chi connectivity index (χ4v) is 4.76. The molecule has 220 valence electrons. The summed E-state index contributed by atoms with van der Waals surface area (Å²) in [5.74, 6) is -0.183. The quantitative estimate of drug-likeness (QED) is 0.0692. The zero-order chi connectivity index (χ0) is 27.1. The number of ether oxygens (including phenoxy) is 2. The molecule has 0 N–H and O–H groups in total. The summed E-state index contributed by atoms with van der Waals surface area (Å²) in [5.41, 5.74) is 0. The van der Waals surface area contributed by atoms with Crippen LogP contribution in [0.3, 0.4) is 0 Å². The third kappa shape index (κ3) is 31.1. The van der Waals surface area contributed by atoms with Gasteiger partial charge in [-0.2, -0.15) is 0 Å². The van der Waals surface area contributed by atoms with Crippen molar-refractivity contribution >= 4 is 11.9 Å². The average Bonchev–Trinajstić information content (AvgIpc) is 2.89. The Hall–Kier alpha value is -1.06. The molecule has 4 nitrogen and oxygen atoms in total. The van der Waals surface area contributed by atoms with Crippen molar-refractivity contribution in [1.29, 1.82) is 0 Å². The zero-order valence-corrected chi connectivity index (χ0v) is 25.1. The number of unbranched alkanes of at least 4 members (excludes halogenated alkanes) is 22. The van der Waals surface area contributed by atoms with E-state index in [-0.39, 0.29) is 11.9 Å². The van der Waals surface area contributed by atoms with Gasteiger partial charge in [-0.05, 0) is 25.7 Å². The number of rotatable bonds is 30. The SMILES string of the molecule is CCCCCCCCCCCCCOC(=O)CCCCCC(=O)OCCCCCCCCCCCCC. The predicted molar refractivity (Wildman–Crippen MR) is 158 cm³/mol. The highest BCUT2D eigenvalue weighted by molar-refractivity contribution is 5.69. The Morgan fingerprint density at radius 1 is 0.351 bits per heavy atom. The molecule has 0 unspecified atom stereocenters. The topological polar surface area (TPSA) is 52.6 Å². The molecule has 0 heterocycles. The van der Waals surface area contributed by atoms with E-state index in [1.165, 1.54) is 116 Å². The van der Waals surface area contributed by atoms with Crippen molar-refractivity contribution in [3.8, 4) is 0 Å². The maximum absolute atomic E-state index is 11.8. The van der Waals surface area contributed by atoms with Gasteiger partial charge in [0.15, 0.2) is 0 Å². The molecule has 0 aliphatic heterocycles. The molecular weight excluding hydrogens is 460 g/mol. The van der Waals surface area contributed by atoms with Crippen LogP contribution in [0.1, 0.15) is 187 Å². The first-order chi connectivity index (χ1) is 18.2. The molecule has 0 fully saturated rings. The van der Waals surface area contributed by atoms with Crippen LogP contribution < -0.4 is 0 Å². The molecule has 0 aromatic rings. The summed E-state index contributed by atoms with van der Waals surface area (Å²) in [4.78, 5) is 23.7. The zero-order valence-electron chi connectivity index (χ0n) is 25.1. The first kappa shape index (κ1) is 35.9. The van der Waals surface area contributed by atoms with Crippen molar-refractivity contribution in [3.63, 3.8) is 0 Å². The lowest BCUT2D eigenvalue weighted by Gasteiger charge is -2.06. The number of carbonyl (C=O) groups is 2. The number of hydrogen-bond donors (Lipinski definition) is 0. The molecule has 0 radical (unpaired) electrons. The first-order valence-electron chi connectivity index (χ1n) is 16.5. The van der Waals surface area contributed by atoms with Crippen LogP contribution in [-0.4, -0.2) is 25.2 Å². The van der Waals surface area contributed by atoms with E-state index in [9.17, 15) is 9.59 Å². The minimum absolute atomic E-state index is 0.0915. The van der Waals surface area contributed by atoms with Gasteiger partial charge in [0.2, 0.25) is 0 Å². The van der Waals surface area contributed by atoms with Crippen LogP contribution in [0.25, 0.3) is 0 Å². The van der Waals surface area contributed by atoms with Crippen LogP contribution in [0.15, 0.2) is 0 Å². The minimum atomic E-state index is -0.0915. The van der Waals surface area contributed by atoms with Crippen LogP contribution in [0.5, 0.6) is 0 Å². The summed E-state index contributed by atoms with van der Waals surface area (Å²) in [5, 5.41) is 0. The molecule has 0 aliphatic carbocycles. The molecule has 0 saturated carbocycles. The number of carbonyl (C=O) groups excluding carboxylic acids is 2. The van der Waals surface area contributed by atoms with Gasteiger partial charge < -0.3 is 9.47 Å². The normalized spacial score (nSPS) is 11.1. The molecule has 0 rings (SSSR count). The second-order valence-corrected chi connectivity index (χ2v) is 11.1. The van der Waals surface area contributed by atoms with Gasteiger partial charge in [-0.3, -0.25) is 9.59 Å². The molecule has 0 amide bonds. The summed E-state index contributed by atoms with van der Waals surface area (Å²) < 4.78 is 10.7. The minimum Gasteiger partial charge on any atom is -0.466 e. The van der Waals surface area contributed by atoms with Crippen molar-refractivity contribution < 1.29 is 19.1 Å². The first-order valence-corrected chi connectivity index (χ1v) is 16.5. The number of hydrogen-bond acceptors (Lipinski definition) is 4. The lowest BCUT2D eigenvalue weighted by atomic mass is 10.1. The third-order valence-corrected chi connectivity index (χ3v) is 7.28. The van der Waals surface area contributed by atoms with Crippen LogP contribution >= 0.6 is 0 Å². The molecule has 4 heteroatoms. The summed E-state index contributed by atoms with van der Waals surface area (Å²) in [7, 11) is 0. The smallest absolute Gasteiger partial charge is 0.305 e. The highest BCUT2D eigenvalue weighted by atomic mass is 16.5. The standard InChI is InChI=1S/C33H64O4/c1-3-5-7-9-11-13-15-17-19-21-26-30-36-32(34)28-24-23-25-29-33(35)37-31-27-22-20-18-16-14-12-10-8-6-4-2/h3-31H2,1-2H3. The van der Waals surface area contributed by atoms with Crippen LogP contribution in [0, 0.1) is 0 Å². The van der Waals surface area contributed by atoms with Gasteiger partial charge >= 0.3 is 11.9 Å². The summed E-state index contributed by atoms with van der Waals surface area (Å²) in [6, 6.07) is 0. The molecule has 0 spiro atoms. The van der Waals surface area contributed by atoms with E-state index >= 15 is 0 Å². The van der Waals surface area contributed by atoms with E-state index in [4.69, 9.17) is 9.47 Å². The molecule has 0 aromatic carbocycles. The Morgan fingerprint density at radius 3 is 0.892 bits per heavy atom. The van der Waals surface area contributed by atoms with E-state index in [1.807, 2.05) is 0 Å². The maximum atomic E-state index is 11.8. The maximum Gasteiger partial charge on any atom is 0.305 e. The second-order valence-electron chi connectivity index (χ2n) is 11.1. The monoisotopic (exact) mass is 524 g/mol. The average molecular weight is 525 g/mol. The van der Waals surface area contributed by atoms with E-state index < -0.39 is 0 Å². The molecule has 0 atom stereocenters. The van der Waals surface area contributed by atoms with Crippen molar-refractivity contribution in [2.45, 2.75) is 187 Å². The van der Waals surface area contributed by atoms with Gasteiger partial charge in [0, 0.05) is 12.8 Å². The van der Waals surface area contributed by atoms with Gasteiger partial charge in [-0.25, -0.2) is 0 Å². The fraction of sp³-hybridized carbons (Fsp3) is 0.939. The Morgan fingerprint density at radius 2 is 0.595 bits per heavy atom. The molecule has 0 bridgehead atoms. The Labute approximate surface area is 231 Å². The summed E-state index contributed by atoms with van der Waals surface area (Å²) in [6.07, 6.45) is 32.0. The van der Waals surface area contributed by atoms with Gasteiger partial charge in [-0.1, -0.05) is 149 Å². The lowest BCUT2D eigenvalue weighted by Crippen LogP contribution is -2.07. The van der Waals surface area contributed by atoms with Crippen LogP contribution in [-0.2, 0) is 19.1 Å². The third-order valence-electron chi connectivity index (χ3n) is 7.28. The summed E-state index contributed by atoms with van der Waals surface area (Å²) >= 11 is 0. The van der Waals surface area contributed by atoms with Crippen molar-refractivity contribution in [2.24, 2.45) is 0 Å². The van der Waals surface area contributed by atoms with E-state index in [0.29, 0.717) is 26.1 Å². The fourth-order valence-electron chi connectivity index (χ4n) is 4.76. The van der Waals surface area contributed by atoms with Crippen molar-refractivity contribution in [1.82, 2.24) is 0 Å². The van der Waals surface area contributed by atoms with Gasteiger partial charge in [-0.15, -0.1) is 0 Å². The van der Waals surface area contributed by atoms with E-state index in [2.05, 4.69) is 13.8 Å². The lowest BCUT2D eigenvalue weighted by molar-refractivity contribution is -0.144. The van der Waals surface area contributed by atoms with Gasteiger partial charge in [0.25, 0.3) is 0 Å². The highest BCUT2D eigenvalue weighted by Gasteiger charge is 2.05. The largest absolute Gasteiger partial charge is 0.466 e. The Kier molecular flexibility index (Phi) is 30.3.